The first-order valence-corrected chi connectivity index (χ1v) is 12.4. The fourth-order valence-electron chi connectivity index (χ4n) is 3.63. The standard InChI is InChI=1S/C21H38O2Si/c1-15(2)18(13-21(5,6)24(7,8)23)10-9-16(3)20-12-11-19(14-22)17(20)4/h14-15,18-19,23H,4,9-13H2,1-3,5-8H3/b20-16+/t18-,19+/m1/s1. The molecule has 1 N–H and O–H groups in total. The topological polar surface area (TPSA) is 37.3 Å². The first-order chi connectivity index (χ1) is 10.9. The minimum absolute atomic E-state index is 0.0303. The largest absolute Gasteiger partial charge is 0.432 e. The fraction of sp³-hybridized carbons (Fsp3) is 0.762. The highest BCUT2D eigenvalue weighted by Crippen LogP contribution is 2.45. The van der Waals surface area contributed by atoms with Crippen molar-refractivity contribution in [3.05, 3.63) is 23.3 Å². The monoisotopic (exact) mass is 350 g/mol. The summed E-state index contributed by atoms with van der Waals surface area (Å²) in [6, 6.07) is 0. The maximum Gasteiger partial charge on any atom is 0.188 e. The van der Waals surface area contributed by atoms with Crippen LogP contribution in [0.2, 0.25) is 18.1 Å². The van der Waals surface area contributed by atoms with Gasteiger partial charge in [0.25, 0.3) is 0 Å². The van der Waals surface area contributed by atoms with Gasteiger partial charge < -0.3 is 9.59 Å². The highest BCUT2D eigenvalue weighted by molar-refractivity contribution is 6.72. The van der Waals surface area contributed by atoms with Gasteiger partial charge in [-0.1, -0.05) is 39.8 Å². The van der Waals surface area contributed by atoms with Crippen LogP contribution in [0.25, 0.3) is 0 Å². The highest BCUT2D eigenvalue weighted by Gasteiger charge is 2.40. The molecular weight excluding hydrogens is 312 g/mol. The third-order valence-electron chi connectivity index (χ3n) is 6.48. The molecule has 0 aromatic heterocycles. The summed E-state index contributed by atoms with van der Waals surface area (Å²) in [6.45, 7) is 19.5. The molecule has 0 aromatic rings. The van der Waals surface area contributed by atoms with Crippen LogP contribution in [0.1, 0.15) is 66.7 Å². The van der Waals surface area contributed by atoms with Crippen LogP contribution in [-0.4, -0.2) is 19.4 Å². The summed E-state index contributed by atoms with van der Waals surface area (Å²) < 4.78 is 0. The first-order valence-electron chi connectivity index (χ1n) is 9.46. The summed E-state index contributed by atoms with van der Waals surface area (Å²) in [4.78, 5) is 21.7. The fourth-order valence-corrected chi connectivity index (χ4v) is 4.39. The van der Waals surface area contributed by atoms with E-state index in [9.17, 15) is 9.59 Å². The van der Waals surface area contributed by atoms with E-state index in [0.717, 1.165) is 44.0 Å². The van der Waals surface area contributed by atoms with Crippen LogP contribution < -0.4 is 0 Å². The zero-order valence-electron chi connectivity index (χ0n) is 16.9. The third kappa shape index (κ3) is 5.16. The molecule has 0 radical (unpaired) electrons. The second-order valence-corrected chi connectivity index (χ2v) is 13.7. The molecule has 1 saturated carbocycles. The van der Waals surface area contributed by atoms with Gasteiger partial charge in [0.2, 0.25) is 0 Å². The van der Waals surface area contributed by atoms with Gasteiger partial charge in [-0.3, -0.25) is 0 Å². The van der Waals surface area contributed by atoms with Crippen LogP contribution in [0.15, 0.2) is 23.3 Å². The zero-order valence-corrected chi connectivity index (χ0v) is 17.9. The second-order valence-electron chi connectivity index (χ2n) is 9.26. The van der Waals surface area contributed by atoms with Crippen LogP contribution >= 0.6 is 0 Å². The van der Waals surface area contributed by atoms with E-state index in [1.54, 1.807) is 0 Å². The molecule has 24 heavy (non-hydrogen) atoms. The zero-order chi connectivity index (χ0) is 18.7. The number of allylic oxidation sites excluding steroid dienone is 3. The number of rotatable bonds is 8. The van der Waals surface area contributed by atoms with E-state index >= 15 is 0 Å². The minimum atomic E-state index is -2.17. The van der Waals surface area contributed by atoms with Gasteiger partial charge in [0.05, 0.1) is 0 Å². The molecule has 0 amide bonds. The summed E-state index contributed by atoms with van der Waals surface area (Å²) in [5.41, 5.74) is 3.80. The Balaban J connectivity index is 2.78. The summed E-state index contributed by atoms with van der Waals surface area (Å²) >= 11 is 0. The quantitative estimate of drug-likeness (QED) is 0.438. The Bertz CT molecular complexity index is 494. The van der Waals surface area contributed by atoms with Gasteiger partial charge in [-0.05, 0) is 80.1 Å². The van der Waals surface area contributed by atoms with E-state index in [-0.39, 0.29) is 11.0 Å². The van der Waals surface area contributed by atoms with E-state index in [1.807, 2.05) is 0 Å². The number of hydrogen-bond acceptors (Lipinski definition) is 2. The number of hydrogen-bond donors (Lipinski definition) is 1. The first kappa shape index (κ1) is 21.4. The Hall–Kier alpha value is -0.673. The SMILES string of the molecule is C=C1/C(=C(\C)CC[C@H](CC(C)(C)[Si](C)(C)O)C(C)C)CC[C@H]1C=O. The lowest BCUT2D eigenvalue weighted by molar-refractivity contribution is -0.110. The lowest BCUT2D eigenvalue weighted by atomic mass is 9.82. The highest BCUT2D eigenvalue weighted by atomic mass is 28.4. The molecule has 1 aliphatic carbocycles. The van der Waals surface area contributed by atoms with Crippen LogP contribution in [0.4, 0.5) is 0 Å². The normalized spacial score (nSPS) is 22.9. The Morgan fingerprint density at radius 2 is 2.00 bits per heavy atom. The molecule has 0 aliphatic heterocycles. The second kappa shape index (κ2) is 8.14. The predicted molar refractivity (Wildman–Crippen MR) is 107 cm³/mol. The van der Waals surface area contributed by atoms with E-state index in [1.165, 1.54) is 11.1 Å². The summed E-state index contributed by atoms with van der Waals surface area (Å²) in [6.07, 6.45) is 6.30. The van der Waals surface area contributed by atoms with Crippen molar-refractivity contribution in [1.29, 1.82) is 0 Å². The molecule has 2 atom stereocenters. The van der Waals surface area contributed by atoms with E-state index in [0.29, 0.717) is 11.8 Å². The van der Waals surface area contributed by atoms with Gasteiger partial charge in [-0.2, -0.15) is 0 Å². The average Bonchev–Trinajstić information content (AvgIpc) is 2.82. The smallest absolute Gasteiger partial charge is 0.188 e. The Morgan fingerprint density at radius 3 is 2.42 bits per heavy atom. The van der Waals surface area contributed by atoms with Crippen molar-refractivity contribution in [2.45, 2.75) is 84.9 Å². The van der Waals surface area contributed by atoms with Crippen molar-refractivity contribution in [1.82, 2.24) is 0 Å². The van der Waals surface area contributed by atoms with Gasteiger partial charge in [-0.15, -0.1) is 0 Å². The molecule has 0 bridgehead atoms. The van der Waals surface area contributed by atoms with Crippen molar-refractivity contribution >= 4 is 14.6 Å². The number of aldehydes is 1. The maximum absolute atomic E-state index is 11.1. The lowest BCUT2D eigenvalue weighted by Crippen LogP contribution is -2.40. The van der Waals surface area contributed by atoms with E-state index < -0.39 is 8.32 Å². The van der Waals surface area contributed by atoms with Crippen molar-refractivity contribution in [2.24, 2.45) is 17.8 Å². The van der Waals surface area contributed by atoms with Gasteiger partial charge in [0.1, 0.15) is 6.29 Å². The molecule has 1 aliphatic rings. The molecule has 138 valence electrons. The van der Waals surface area contributed by atoms with Crippen molar-refractivity contribution in [3.63, 3.8) is 0 Å². The predicted octanol–water partition coefficient (Wildman–Crippen LogP) is 5.89. The van der Waals surface area contributed by atoms with Gasteiger partial charge >= 0.3 is 0 Å². The van der Waals surface area contributed by atoms with Crippen molar-refractivity contribution in [3.8, 4) is 0 Å². The molecule has 0 spiro atoms. The number of carbonyl (C=O) groups excluding carboxylic acids is 1. The van der Waals surface area contributed by atoms with Crippen LogP contribution in [0.5, 0.6) is 0 Å². The molecule has 0 unspecified atom stereocenters. The van der Waals surface area contributed by atoms with Gasteiger partial charge in [-0.25, -0.2) is 0 Å². The summed E-state index contributed by atoms with van der Waals surface area (Å²) in [5.74, 6) is 1.27. The van der Waals surface area contributed by atoms with Crippen LogP contribution in [0, 0.1) is 17.8 Å². The molecule has 0 aromatic carbocycles. The average molecular weight is 351 g/mol. The molecule has 2 nitrogen and oxygen atoms in total. The van der Waals surface area contributed by atoms with E-state index in [2.05, 4.69) is 54.3 Å². The maximum atomic E-state index is 11.1. The molecule has 1 rings (SSSR count). The molecule has 0 saturated heterocycles. The molecule has 1 fully saturated rings. The van der Waals surface area contributed by atoms with Gasteiger partial charge in [0, 0.05) is 5.92 Å². The molecular formula is C21H38O2Si. The Labute approximate surface area is 150 Å². The van der Waals surface area contributed by atoms with E-state index in [4.69, 9.17) is 0 Å². The summed E-state index contributed by atoms with van der Waals surface area (Å²) in [5, 5.41) is 0.0303. The Kier molecular flexibility index (Phi) is 7.25. The molecule has 3 heteroatoms. The van der Waals surface area contributed by atoms with Gasteiger partial charge in [0.15, 0.2) is 8.32 Å². The number of carbonyl (C=O) groups is 1. The summed E-state index contributed by atoms with van der Waals surface area (Å²) in [7, 11) is -2.17. The molecule has 0 heterocycles. The van der Waals surface area contributed by atoms with Crippen molar-refractivity contribution < 1.29 is 9.59 Å². The van der Waals surface area contributed by atoms with Crippen molar-refractivity contribution in [2.75, 3.05) is 0 Å². The Morgan fingerprint density at radius 1 is 1.42 bits per heavy atom. The minimum Gasteiger partial charge on any atom is -0.432 e. The van der Waals surface area contributed by atoms with Crippen LogP contribution in [-0.2, 0) is 4.79 Å². The third-order valence-corrected chi connectivity index (χ3v) is 10.00. The lowest BCUT2D eigenvalue weighted by Gasteiger charge is -2.39. The van der Waals surface area contributed by atoms with Crippen LogP contribution in [0.3, 0.4) is 0 Å².